The second kappa shape index (κ2) is 4.69. The largest absolute Gasteiger partial charge is 0.288 e. The third-order valence-electron chi connectivity index (χ3n) is 0.392. The van der Waals surface area contributed by atoms with E-state index >= 15 is 0 Å². The van der Waals surface area contributed by atoms with Crippen molar-refractivity contribution in [3.8, 4) is 0 Å². The highest BCUT2D eigenvalue weighted by Gasteiger charge is 1.88. The minimum Gasteiger partial charge on any atom is -0.288 e. The lowest BCUT2D eigenvalue weighted by atomic mass is 10.9. The van der Waals surface area contributed by atoms with Crippen LogP contribution in [0.4, 0.5) is 0 Å². The van der Waals surface area contributed by atoms with Crippen LogP contribution in [0.1, 0.15) is 6.92 Å². The Morgan fingerprint density at radius 3 is 2.57 bits per heavy atom. The maximum atomic E-state index is 10.3. The molecule has 0 aromatic carbocycles. The maximum Gasteiger partial charge on any atom is 0.173 e. The molecule has 0 heterocycles. The highest BCUT2D eigenvalue weighted by molar-refractivity contribution is 8.36. The van der Waals surface area contributed by atoms with E-state index in [1.807, 2.05) is 13.6 Å². The molecule has 2 unspecified atom stereocenters. The summed E-state index contributed by atoms with van der Waals surface area (Å²) in [5.41, 5.74) is 0. The van der Waals surface area contributed by atoms with E-state index in [-0.39, 0.29) is 0 Å². The summed E-state index contributed by atoms with van der Waals surface area (Å²) in [6.07, 6.45) is 0. The summed E-state index contributed by atoms with van der Waals surface area (Å²) in [6, 6.07) is 0. The van der Waals surface area contributed by atoms with Crippen molar-refractivity contribution in [3.05, 3.63) is 0 Å². The molecule has 0 saturated carbocycles. The van der Waals surface area contributed by atoms with E-state index in [1.54, 1.807) is 0 Å². The molecule has 0 rings (SSSR count). The molecule has 2 nitrogen and oxygen atoms in total. The number of rotatable bonds is 3. The molecule has 0 amide bonds. The van der Waals surface area contributed by atoms with Crippen LogP contribution >= 0.6 is 7.78 Å². The Kier molecular flexibility index (Phi) is 5.05. The molecule has 0 bridgehead atoms. The molecule has 0 saturated heterocycles. The van der Waals surface area contributed by atoms with Crippen LogP contribution in [-0.4, -0.2) is 17.5 Å². The first-order chi connectivity index (χ1) is 3.31. The van der Waals surface area contributed by atoms with Crippen LogP contribution in [0.5, 0.6) is 0 Å². The summed E-state index contributed by atoms with van der Waals surface area (Å²) in [6.45, 7) is 4.23. The Balaban J connectivity index is 3.00. The zero-order valence-electron chi connectivity index (χ0n) is 4.43. The highest BCUT2D eigenvalue weighted by atomic mass is 32.7. The fraction of sp³-hybridized carbons (Fsp3) is 1.00. The van der Waals surface area contributed by atoms with Crippen LogP contribution in [0.15, 0.2) is 0 Å². The quantitative estimate of drug-likeness (QED) is 0.544. The van der Waals surface area contributed by atoms with Gasteiger partial charge in [0.25, 0.3) is 0 Å². The molecule has 4 heteroatoms. The van der Waals surface area contributed by atoms with Crippen molar-refractivity contribution in [3.63, 3.8) is 0 Å². The van der Waals surface area contributed by atoms with E-state index in [4.69, 9.17) is 0 Å². The summed E-state index contributed by atoms with van der Waals surface area (Å²) < 4.78 is 15.0. The second-order valence-electron chi connectivity index (χ2n) is 0.845. The number of hydrogen-bond donors (Lipinski definition) is 0. The zero-order chi connectivity index (χ0) is 5.70. The van der Waals surface area contributed by atoms with Gasteiger partial charge in [0.2, 0.25) is 0 Å². The molecule has 2 atom stereocenters. The molecular formula is C3H9O2PS. The van der Waals surface area contributed by atoms with Gasteiger partial charge in [-0.05, 0) is 13.6 Å². The van der Waals surface area contributed by atoms with Gasteiger partial charge in [0.15, 0.2) is 10.7 Å². The molecule has 44 valence electrons. The van der Waals surface area contributed by atoms with Gasteiger partial charge < -0.3 is 0 Å². The predicted molar refractivity (Wildman–Crippen MR) is 34.0 cm³/mol. The van der Waals surface area contributed by atoms with E-state index in [0.717, 1.165) is 0 Å². The summed E-state index contributed by atoms with van der Waals surface area (Å²) >= 11 is 0. The van der Waals surface area contributed by atoms with Crippen molar-refractivity contribution in [1.29, 1.82) is 0 Å². The fourth-order valence-corrected chi connectivity index (χ4v) is 1.20. The Morgan fingerprint density at radius 2 is 2.43 bits per heavy atom. The van der Waals surface area contributed by atoms with Gasteiger partial charge in [0.05, 0.1) is 6.61 Å². The Bertz CT molecular complexity index is 66.0. The van der Waals surface area contributed by atoms with E-state index in [1.165, 1.54) is 0 Å². The van der Waals surface area contributed by atoms with Crippen LogP contribution in [0.2, 0.25) is 0 Å². The van der Waals surface area contributed by atoms with Gasteiger partial charge in [-0.25, -0.2) is 4.21 Å². The third-order valence-corrected chi connectivity index (χ3v) is 2.53. The van der Waals surface area contributed by atoms with Crippen molar-refractivity contribution in [2.45, 2.75) is 6.92 Å². The monoisotopic (exact) mass is 140 g/mol. The summed E-state index contributed by atoms with van der Waals surface area (Å²) in [5.74, 6) is 0. The highest BCUT2D eigenvalue weighted by Crippen LogP contribution is 2.09. The van der Waals surface area contributed by atoms with Gasteiger partial charge in [-0.3, -0.25) is 4.18 Å². The topological polar surface area (TPSA) is 26.3 Å². The van der Waals surface area contributed by atoms with Crippen molar-refractivity contribution in [2.24, 2.45) is 0 Å². The second-order valence-corrected chi connectivity index (χ2v) is 4.18. The lowest BCUT2D eigenvalue weighted by molar-refractivity contribution is 0.380. The van der Waals surface area contributed by atoms with Crippen LogP contribution in [-0.2, 0) is 14.9 Å². The van der Waals surface area contributed by atoms with Gasteiger partial charge in [0, 0.05) is 7.78 Å². The number of hydrogen-bond acceptors (Lipinski definition) is 2. The average molecular weight is 140 g/mol. The first-order valence-electron chi connectivity index (χ1n) is 2.03. The Labute approximate surface area is 47.8 Å². The summed E-state index contributed by atoms with van der Waals surface area (Å²) in [4.78, 5) is 0. The van der Waals surface area contributed by atoms with Crippen molar-refractivity contribution in [1.82, 2.24) is 0 Å². The average Bonchev–Trinajstić information content (AvgIpc) is 1.68. The lowest BCUT2D eigenvalue weighted by Gasteiger charge is -1.91. The van der Waals surface area contributed by atoms with Gasteiger partial charge in [-0.15, -0.1) is 0 Å². The summed E-state index contributed by atoms with van der Waals surface area (Å²) in [7, 11) is -0.611. The zero-order valence-corrected chi connectivity index (χ0v) is 6.25. The van der Waals surface area contributed by atoms with Crippen LogP contribution in [0.25, 0.3) is 0 Å². The van der Waals surface area contributed by atoms with Gasteiger partial charge in [-0.1, -0.05) is 0 Å². The molecule has 0 N–H and O–H groups in total. The summed E-state index contributed by atoms with van der Waals surface area (Å²) in [5, 5.41) is 0. The maximum absolute atomic E-state index is 10.3. The normalized spacial score (nSPS) is 15.7. The smallest absolute Gasteiger partial charge is 0.173 e. The van der Waals surface area contributed by atoms with Crippen molar-refractivity contribution < 1.29 is 8.39 Å². The van der Waals surface area contributed by atoms with E-state index in [0.29, 0.717) is 14.4 Å². The Morgan fingerprint density at radius 1 is 1.86 bits per heavy atom. The van der Waals surface area contributed by atoms with Crippen molar-refractivity contribution >= 4 is 18.5 Å². The molecular weight excluding hydrogens is 131 g/mol. The van der Waals surface area contributed by atoms with E-state index in [9.17, 15) is 4.21 Å². The standard InChI is InChI=1S/C3H9O2PS/c1-3-5-7(4)6-2/h6H,3H2,1-2H3. The van der Waals surface area contributed by atoms with Crippen LogP contribution < -0.4 is 0 Å². The first kappa shape index (κ1) is 7.54. The molecule has 0 aromatic heterocycles. The van der Waals surface area contributed by atoms with Crippen LogP contribution in [0, 0.1) is 0 Å². The molecule has 0 aliphatic rings. The van der Waals surface area contributed by atoms with Gasteiger partial charge >= 0.3 is 0 Å². The van der Waals surface area contributed by atoms with E-state index < -0.39 is 10.7 Å². The third kappa shape index (κ3) is 4.39. The predicted octanol–water partition coefficient (Wildman–Crippen LogP) is 0.910. The van der Waals surface area contributed by atoms with Crippen molar-refractivity contribution in [2.75, 3.05) is 13.3 Å². The fourth-order valence-electron chi connectivity index (χ4n) is 0.166. The molecule has 0 radical (unpaired) electrons. The SMILES string of the molecule is CCOS(=O)PC. The van der Waals surface area contributed by atoms with E-state index in [2.05, 4.69) is 4.18 Å². The lowest BCUT2D eigenvalue weighted by Crippen LogP contribution is -1.86. The first-order valence-corrected chi connectivity index (χ1v) is 5.33. The molecule has 0 aliphatic carbocycles. The molecule has 0 aliphatic heterocycles. The van der Waals surface area contributed by atoms with Gasteiger partial charge in [0.1, 0.15) is 0 Å². The molecule has 0 aromatic rings. The minimum atomic E-state index is -0.999. The Hall–Kier alpha value is 0.540. The molecule has 0 spiro atoms. The van der Waals surface area contributed by atoms with Crippen LogP contribution in [0.3, 0.4) is 0 Å². The molecule has 7 heavy (non-hydrogen) atoms. The minimum absolute atomic E-state index is 0.388. The van der Waals surface area contributed by atoms with Gasteiger partial charge in [-0.2, -0.15) is 0 Å². The molecule has 0 fully saturated rings.